The minimum atomic E-state index is -3.48. The van der Waals surface area contributed by atoms with Crippen LogP contribution in [0.15, 0.2) is 42.5 Å². The first-order valence-electron chi connectivity index (χ1n) is 8.13. The lowest BCUT2D eigenvalue weighted by molar-refractivity contribution is -0.118. The molecule has 0 bridgehead atoms. The van der Waals surface area contributed by atoms with Crippen LogP contribution in [0.5, 0.6) is 0 Å². The molecule has 2 aromatic rings. The molecule has 0 aliphatic rings. The van der Waals surface area contributed by atoms with Crippen molar-refractivity contribution in [2.45, 2.75) is 26.3 Å². The first kappa shape index (κ1) is 20.4. The Balaban J connectivity index is 2.24. The van der Waals surface area contributed by atoms with Crippen molar-refractivity contribution in [3.63, 3.8) is 0 Å². The van der Waals surface area contributed by atoms with Gasteiger partial charge in [-0.15, -0.1) is 0 Å². The van der Waals surface area contributed by atoms with Gasteiger partial charge in [0.25, 0.3) is 0 Å². The summed E-state index contributed by atoms with van der Waals surface area (Å²) in [6, 6.07) is 11.9. The summed E-state index contributed by atoms with van der Waals surface area (Å²) in [4.78, 5) is 14.3. The molecule has 0 aromatic heterocycles. The van der Waals surface area contributed by atoms with E-state index in [0.29, 0.717) is 10.6 Å². The van der Waals surface area contributed by atoms with E-state index in [-0.39, 0.29) is 12.3 Å². The summed E-state index contributed by atoms with van der Waals surface area (Å²) >= 11 is 5.90. The zero-order chi connectivity index (χ0) is 19.5. The summed E-state index contributed by atoms with van der Waals surface area (Å²) in [5, 5.41) is 0.547. The monoisotopic (exact) mass is 394 g/mol. The van der Waals surface area contributed by atoms with E-state index < -0.39 is 16.1 Å². The molecule has 0 unspecified atom stereocenters. The average molecular weight is 395 g/mol. The fourth-order valence-electron chi connectivity index (χ4n) is 2.57. The van der Waals surface area contributed by atoms with Crippen LogP contribution in [0.3, 0.4) is 0 Å². The number of benzene rings is 2. The number of hydrogen-bond donors (Lipinski definition) is 1. The van der Waals surface area contributed by atoms with Crippen LogP contribution >= 0.6 is 11.6 Å². The molecular formula is C19H23ClN2O3S. The van der Waals surface area contributed by atoms with Crippen molar-refractivity contribution in [1.29, 1.82) is 0 Å². The normalized spacial score (nSPS) is 12.7. The van der Waals surface area contributed by atoms with Crippen molar-refractivity contribution in [3.8, 4) is 0 Å². The Morgan fingerprint density at radius 2 is 1.73 bits per heavy atom. The van der Waals surface area contributed by atoms with Gasteiger partial charge in [-0.1, -0.05) is 29.8 Å². The number of amides is 1. The fourth-order valence-corrected chi connectivity index (χ4v) is 3.43. The van der Waals surface area contributed by atoms with Crippen molar-refractivity contribution < 1.29 is 13.2 Å². The number of hydrogen-bond acceptors (Lipinski definition) is 3. The molecule has 7 heteroatoms. The first-order valence-corrected chi connectivity index (χ1v) is 10.4. The standard InChI is InChI=1S/C19H23ClN2O3S/c1-13-5-10-17(11-14(13)2)22(3)19(23)12-18(21-26(4,24)25)15-6-8-16(20)9-7-15/h5-11,18,21H,12H2,1-4H3/t18-/m1/s1. The number of anilines is 1. The number of carbonyl (C=O) groups excluding carboxylic acids is 1. The van der Waals surface area contributed by atoms with Crippen molar-refractivity contribution in [3.05, 3.63) is 64.2 Å². The maximum atomic E-state index is 12.7. The number of halogens is 1. The highest BCUT2D eigenvalue weighted by Crippen LogP contribution is 2.24. The first-order chi connectivity index (χ1) is 12.1. The second-order valence-corrected chi connectivity index (χ2v) is 8.64. The summed E-state index contributed by atoms with van der Waals surface area (Å²) in [5.74, 6) is -0.190. The summed E-state index contributed by atoms with van der Waals surface area (Å²) in [6.45, 7) is 3.99. The van der Waals surface area contributed by atoms with Gasteiger partial charge in [0.1, 0.15) is 0 Å². The van der Waals surface area contributed by atoms with Crippen molar-refractivity contribution >= 4 is 33.2 Å². The Labute approximate surface area is 160 Å². The molecule has 0 saturated carbocycles. The molecular weight excluding hydrogens is 372 g/mol. The van der Waals surface area contributed by atoms with Gasteiger partial charge in [-0.2, -0.15) is 0 Å². The molecule has 2 aromatic carbocycles. The highest BCUT2D eigenvalue weighted by Gasteiger charge is 2.22. The Kier molecular flexibility index (Phi) is 6.44. The van der Waals surface area contributed by atoms with Gasteiger partial charge in [0, 0.05) is 24.2 Å². The molecule has 0 aliphatic heterocycles. The van der Waals surface area contributed by atoms with Crippen LogP contribution in [-0.2, 0) is 14.8 Å². The van der Waals surface area contributed by atoms with E-state index in [4.69, 9.17) is 11.6 Å². The van der Waals surface area contributed by atoms with Gasteiger partial charge in [0.2, 0.25) is 15.9 Å². The predicted octanol–water partition coefficient (Wildman–Crippen LogP) is 3.60. The van der Waals surface area contributed by atoms with Crippen LogP contribution in [0.4, 0.5) is 5.69 Å². The summed E-state index contributed by atoms with van der Waals surface area (Å²) in [7, 11) is -1.80. The van der Waals surface area contributed by atoms with E-state index in [1.165, 1.54) is 0 Å². The molecule has 26 heavy (non-hydrogen) atoms. The van der Waals surface area contributed by atoms with E-state index in [1.807, 2.05) is 32.0 Å². The number of sulfonamides is 1. The molecule has 1 N–H and O–H groups in total. The molecule has 1 atom stereocenters. The van der Waals surface area contributed by atoms with Crippen LogP contribution in [0.2, 0.25) is 5.02 Å². The smallest absolute Gasteiger partial charge is 0.228 e. The number of aryl methyl sites for hydroxylation is 2. The largest absolute Gasteiger partial charge is 0.315 e. The maximum absolute atomic E-state index is 12.7. The van der Waals surface area contributed by atoms with Crippen LogP contribution < -0.4 is 9.62 Å². The maximum Gasteiger partial charge on any atom is 0.228 e. The highest BCUT2D eigenvalue weighted by molar-refractivity contribution is 7.88. The van der Waals surface area contributed by atoms with Crippen molar-refractivity contribution in [2.24, 2.45) is 0 Å². The fraction of sp³-hybridized carbons (Fsp3) is 0.316. The molecule has 5 nitrogen and oxygen atoms in total. The van der Waals surface area contributed by atoms with Crippen LogP contribution in [-0.4, -0.2) is 27.6 Å². The summed E-state index contributed by atoms with van der Waals surface area (Å²) < 4.78 is 26.0. The third-order valence-corrected chi connectivity index (χ3v) is 5.22. The SMILES string of the molecule is Cc1ccc(N(C)C(=O)C[C@@H](NS(C)(=O)=O)c2ccc(Cl)cc2)cc1C. The third-order valence-electron chi connectivity index (χ3n) is 4.26. The van der Waals surface area contributed by atoms with Gasteiger partial charge in [-0.3, -0.25) is 4.79 Å². The van der Waals surface area contributed by atoms with Gasteiger partial charge in [0.15, 0.2) is 0 Å². The molecule has 140 valence electrons. The van der Waals surface area contributed by atoms with E-state index in [1.54, 1.807) is 36.2 Å². The zero-order valence-electron chi connectivity index (χ0n) is 15.3. The molecule has 0 saturated heterocycles. The highest BCUT2D eigenvalue weighted by atomic mass is 35.5. The lowest BCUT2D eigenvalue weighted by Crippen LogP contribution is -2.34. The summed E-state index contributed by atoms with van der Waals surface area (Å²) in [6.07, 6.45) is 1.07. The van der Waals surface area contributed by atoms with Crippen LogP contribution in [0.1, 0.15) is 29.2 Å². The second kappa shape index (κ2) is 8.20. The number of nitrogens with one attached hydrogen (secondary N) is 1. The third kappa shape index (κ3) is 5.56. The van der Waals surface area contributed by atoms with E-state index in [9.17, 15) is 13.2 Å². The number of nitrogens with zero attached hydrogens (tertiary/aromatic N) is 1. The van der Waals surface area contributed by atoms with Gasteiger partial charge >= 0.3 is 0 Å². The molecule has 1 amide bonds. The topological polar surface area (TPSA) is 66.5 Å². The van der Waals surface area contributed by atoms with Gasteiger partial charge in [-0.25, -0.2) is 13.1 Å². The van der Waals surface area contributed by atoms with Crippen molar-refractivity contribution in [2.75, 3.05) is 18.2 Å². The molecule has 0 aliphatic carbocycles. The van der Waals surface area contributed by atoms with Crippen LogP contribution in [0, 0.1) is 13.8 Å². The quantitative estimate of drug-likeness (QED) is 0.813. The molecule has 0 radical (unpaired) electrons. The molecule has 0 fully saturated rings. The Bertz CT molecular complexity index is 896. The minimum Gasteiger partial charge on any atom is -0.315 e. The van der Waals surface area contributed by atoms with Gasteiger partial charge in [0.05, 0.1) is 12.3 Å². The summed E-state index contributed by atoms with van der Waals surface area (Å²) in [5.41, 5.74) is 3.69. The van der Waals surface area contributed by atoms with E-state index >= 15 is 0 Å². The number of rotatable bonds is 6. The Morgan fingerprint density at radius 3 is 2.27 bits per heavy atom. The Morgan fingerprint density at radius 1 is 1.12 bits per heavy atom. The van der Waals surface area contributed by atoms with E-state index in [0.717, 1.165) is 23.1 Å². The van der Waals surface area contributed by atoms with Crippen LogP contribution in [0.25, 0.3) is 0 Å². The van der Waals surface area contributed by atoms with Gasteiger partial charge in [-0.05, 0) is 54.8 Å². The van der Waals surface area contributed by atoms with Crippen molar-refractivity contribution in [1.82, 2.24) is 4.72 Å². The average Bonchev–Trinajstić information content (AvgIpc) is 2.55. The molecule has 0 heterocycles. The van der Waals surface area contributed by atoms with E-state index in [2.05, 4.69) is 4.72 Å². The second-order valence-electron chi connectivity index (χ2n) is 6.42. The zero-order valence-corrected chi connectivity index (χ0v) is 16.9. The molecule has 2 rings (SSSR count). The lowest BCUT2D eigenvalue weighted by atomic mass is 10.0. The predicted molar refractivity (Wildman–Crippen MR) is 106 cm³/mol. The number of carbonyl (C=O) groups is 1. The molecule has 0 spiro atoms. The van der Waals surface area contributed by atoms with Gasteiger partial charge < -0.3 is 4.90 Å². The lowest BCUT2D eigenvalue weighted by Gasteiger charge is -2.23. The minimum absolute atomic E-state index is 0.00186. The Hall–Kier alpha value is -1.89.